The predicted molar refractivity (Wildman–Crippen MR) is 86.7 cm³/mol. The summed E-state index contributed by atoms with van der Waals surface area (Å²) in [4.78, 5) is 20.4. The van der Waals surface area contributed by atoms with E-state index in [2.05, 4.69) is 15.3 Å². The summed E-state index contributed by atoms with van der Waals surface area (Å²) in [6.07, 6.45) is 0.171. The maximum Gasteiger partial charge on any atom is 0.232 e. The quantitative estimate of drug-likeness (QED) is 0.772. The Morgan fingerprint density at radius 1 is 1.17 bits per heavy atom. The Morgan fingerprint density at radius 3 is 2.70 bits per heavy atom. The van der Waals surface area contributed by atoms with Gasteiger partial charge in [-0.05, 0) is 25.1 Å². The Labute approximate surface area is 138 Å². The molecule has 0 spiro atoms. The number of amides is 1. The van der Waals surface area contributed by atoms with Crippen molar-refractivity contribution in [3.8, 4) is 11.3 Å². The maximum atomic E-state index is 13.3. The number of halogens is 2. The van der Waals surface area contributed by atoms with Gasteiger partial charge in [0.2, 0.25) is 5.91 Å². The molecule has 1 amide bonds. The monoisotopic (exact) mass is 351 g/mol. The van der Waals surface area contributed by atoms with Gasteiger partial charge in [-0.1, -0.05) is 0 Å². The number of anilines is 1. The van der Waals surface area contributed by atoms with Crippen LogP contribution in [0.1, 0.15) is 10.7 Å². The first-order valence-corrected chi connectivity index (χ1v) is 8.39. The molecule has 0 aliphatic heterocycles. The van der Waals surface area contributed by atoms with Crippen LogP contribution in [0.15, 0.2) is 29.0 Å². The average Bonchev–Trinajstić information content (AvgIpc) is 3.11. The number of hydrogen-bond acceptors (Lipinski definition) is 5. The topological polar surface area (TPSA) is 54.9 Å². The zero-order chi connectivity index (χ0) is 16.4. The Kier molecular flexibility index (Phi) is 4.44. The van der Waals surface area contributed by atoms with E-state index in [1.54, 1.807) is 5.38 Å². The molecule has 0 fully saturated rings. The summed E-state index contributed by atoms with van der Waals surface area (Å²) >= 11 is 2.71. The molecular weight excluding hydrogens is 340 g/mol. The number of aromatic nitrogens is 2. The molecule has 0 bridgehead atoms. The lowest BCUT2D eigenvalue weighted by molar-refractivity contribution is -0.115. The van der Waals surface area contributed by atoms with Crippen LogP contribution in [0.4, 0.5) is 13.9 Å². The van der Waals surface area contributed by atoms with Crippen molar-refractivity contribution >= 4 is 33.7 Å². The molecular formula is C15H11F2N3OS2. The lowest BCUT2D eigenvalue weighted by atomic mass is 10.2. The number of nitrogens with zero attached hydrogens (tertiary/aromatic N) is 2. The molecule has 4 nitrogen and oxygen atoms in total. The minimum absolute atomic E-state index is 0.171. The fourth-order valence-corrected chi connectivity index (χ4v) is 3.29. The van der Waals surface area contributed by atoms with E-state index in [9.17, 15) is 13.6 Å². The van der Waals surface area contributed by atoms with Gasteiger partial charge in [0.05, 0.1) is 22.8 Å². The standard InChI is InChI=1S/C15H11F2N3OS2/c1-8-18-10(6-22-8)5-14(21)20-15-19-13(7-23-15)9-2-3-11(16)12(17)4-9/h2-4,6-7H,5H2,1H3,(H,19,20,21). The zero-order valence-corrected chi connectivity index (χ0v) is 13.6. The molecule has 23 heavy (non-hydrogen) atoms. The van der Waals surface area contributed by atoms with Crippen molar-refractivity contribution in [1.29, 1.82) is 0 Å². The molecule has 0 unspecified atom stereocenters. The molecule has 0 saturated carbocycles. The summed E-state index contributed by atoms with van der Waals surface area (Å²) < 4.78 is 26.2. The first-order chi connectivity index (χ1) is 11.0. The molecule has 0 radical (unpaired) electrons. The number of rotatable bonds is 4. The van der Waals surface area contributed by atoms with Crippen molar-refractivity contribution in [2.24, 2.45) is 0 Å². The number of thiazole rings is 2. The van der Waals surface area contributed by atoms with Gasteiger partial charge in [-0.2, -0.15) is 0 Å². The number of carbonyl (C=O) groups excluding carboxylic acids is 1. The summed E-state index contributed by atoms with van der Waals surface area (Å²) in [5.74, 6) is -2.06. The molecule has 118 valence electrons. The Balaban J connectivity index is 1.69. The van der Waals surface area contributed by atoms with E-state index in [1.807, 2.05) is 12.3 Å². The van der Waals surface area contributed by atoms with Crippen LogP contribution >= 0.6 is 22.7 Å². The second-order valence-corrected chi connectivity index (χ2v) is 6.67. The number of hydrogen-bond donors (Lipinski definition) is 1. The molecule has 0 aliphatic carbocycles. The van der Waals surface area contributed by atoms with E-state index >= 15 is 0 Å². The van der Waals surface area contributed by atoms with Gasteiger partial charge in [0.1, 0.15) is 0 Å². The molecule has 0 aliphatic rings. The zero-order valence-electron chi connectivity index (χ0n) is 12.0. The third kappa shape index (κ3) is 3.77. The third-order valence-electron chi connectivity index (χ3n) is 2.97. The molecule has 3 rings (SSSR count). The van der Waals surface area contributed by atoms with Crippen LogP contribution in [0.5, 0.6) is 0 Å². The molecule has 1 aromatic carbocycles. The SMILES string of the molecule is Cc1nc(CC(=O)Nc2nc(-c3ccc(F)c(F)c3)cs2)cs1. The lowest BCUT2D eigenvalue weighted by Crippen LogP contribution is -2.14. The van der Waals surface area contributed by atoms with E-state index in [0.29, 0.717) is 22.1 Å². The summed E-state index contributed by atoms with van der Waals surface area (Å²) in [5, 5.41) is 7.50. The highest BCUT2D eigenvalue weighted by Gasteiger charge is 2.11. The van der Waals surface area contributed by atoms with Crippen LogP contribution in [-0.2, 0) is 11.2 Å². The van der Waals surface area contributed by atoms with Gasteiger partial charge < -0.3 is 5.32 Å². The van der Waals surface area contributed by atoms with Crippen molar-refractivity contribution in [2.75, 3.05) is 5.32 Å². The Hall–Kier alpha value is -2.19. The van der Waals surface area contributed by atoms with Gasteiger partial charge in [-0.15, -0.1) is 22.7 Å². The van der Waals surface area contributed by atoms with Crippen LogP contribution in [0.25, 0.3) is 11.3 Å². The molecule has 0 saturated heterocycles. The van der Waals surface area contributed by atoms with E-state index in [0.717, 1.165) is 17.1 Å². The highest BCUT2D eigenvalue weighted by Crippen LogP contribution is 2.26. The minimum Gasteiger partial charge on any atom is -0.302 e. The Bertz CT molecular complexity index is 860. The molecule has 8 heteroatoms. The van der Waals surface area contributed by atoms with Crippen LogP contribution in [-0.4, -0.2) is 15.9 Å². The highest BCUT2D eigenvalue weighted by atomic mass is 32.1. The summed E-state index contributed by atoms with van der Waals surface area (Å²) in [7, 11) is 0. The molecule has 3 aromatic rings. The smallest absolute Gasteiger partial charge is 0.232 e. The van der Waals surface area contributed by atoms with Crippen LogP contribution in [0.3, 0.4) is 0 Å². The van der Waals surface area contributed by atoms with Gasteiger partial charge in [-0.25, -0.2) is 18.7 Å². The van der Waals surface area contributed by atoms with Crippen molar-refractivity contribution in [1.82, 2.24) is 9.97 Å². The molecule has 0 atom stereocenters. The normalized spacial score (nSPS) is 10.7. The number of carbonyl (C=O) groups is 1. The second-order valence-electron chi connectivity index (χ2n) is 4.75. The molecule has 1 N–H and O–H groups in total. The summed E-state index contributed by atoms with van der Waals surface area (Å²) in [6, 6.07) is 3.57. The predicted octanol–water partition coefficient (Wildman–Crippen LogP) is 4.03. The van der Waals surface area contributed by atoms with Crippen molar-refractivity contribution in [3.05, 3.63) is 51.3 Å². The van der Waals surface area contributed by atoms with Gasteiger partial charge in [-0.3, -0.25) is 4.79 Å². The summed E-state index contributed by atoms with van der Waals surface area (Å²) in [6.45, 7) is 1.88. The molecule has 2 aromatic heterocycles. The van der Waals surface area contributed by atoms with Crippen molar-refractivity contribution in [3.63, 3.8) is 0 Å². The lowest BCUT2D eigenvalue weighted by Gasteiger charge is -2.00. The third-order valence-corrected chi connectivity index (χ3v) is 4.55. The van der Waals surface area contributed by atoms with Gasteiger partial charge in [0.15, 0.2) is 16.8 Å². The fraction of sp³-hybridized carbons (Fsp3) is 0.133. The summed E-state index contributed by atoms with van der Waals surface area (Å²) in [5.41, 5.74) is 1.65. The van der Waals surface area contributed by atoms with E-state index < -0.39 is 11.6 Å². The number of aryl methyl sites for hydroxylation is 1. The maximum absolute atomic E-state index is 13.3. The van der Waals surface area contributed by atoms with Gasteiger partial charge in [0, 0.05) is 16.3 Å². The van der Waals surface area contributed by atoms with Crippen LogP contribution in [0, 0.1) is 18.6 Å². The van der Waals surface area contributed by atoms with Crippen LogP contribution < -0.4 is 5.32 Å². The molecule has 2 heterocycles. The van der Waals surface area contributed by atoms with Crippen molar-refractivity contribution in [2.45, 2.75) is 13.3 Å². The second kappa shape index (κ2) is 6.51. The fourth-order valence-electron chi connectivity index (χ4n) is 1.94. The van der Waals surface area contributed by atoms with E-state index in [4.69, 9.17) is 0 Å². The number of nitrogens with one attached hydrogen (secondary N) is 1. The van der Waals surface area contributed by atoms with E-state index in [1.165, 1.54) is 28.7 Å². The number of benzene rings is 1. The van der Waals surface area contributed by atoms with Crippen LogP contribution in [0.2, 0.25) is 0 Å². The first kappa shape index (κ1) is 15.7. The minimum atomic E-state index is -0.931. The first-order valence-electron chi connectivity index (χ1n) is 6.63. The van der Waals surface area contributed by atoms with Gasteiger partial charge >= 0.3 is 0 Å². The highest BCUT2D eigenvalue weighted by molar-refractivity contribution is 7.14. The van der Waals surface area contributed by atoms with Crippen molar-refractivity contribution < 1.29 is 13.6 Å². The average molecular weight is 351 g/mol. The van der Waals surface area contributed by atoms with E-state index in [-0.39, 0.29) is 12.3 Å². The largest absolute Gasteiger partial charge is 0.302 e. The Morgan fingerprint density at radius 2 is 2.00 bits per heavy atom. The van der Waals surface area contributed by atoms with Gasteiger partial charge in [0.25, 0.3) is 0 Å².